The number of carbonyl (C=O) groups is 1. The quantitative estimate of drug-likeness (QED) is 0.725. The zero-order valence-corrected chi connectivity index (χ0v) is 9.18. The van der Waals surface area contributed by atoms with Gasteiger partial charge in [-0.25, -0.2) is 0 Å². The van der Waals surface area contributed by atoms with Crippen LogP contribution in [0.15, 0.2) is 0 Å². The summed E-state index contributed by atoms with van der Waals surface area (Å²) in [7, 11) is 0. The molecule has 1 spiro atoms. The molecular formula is C11H20N2O. The fourth-order valence-electron chi connectivity index (χ4n) is 2.88. The van der Waals surface area contributed by atoms with E-state index < -0.39 is 0 Å². The van der Waals surface area contributed by atoms with Crippen LogP contribution >= 0.6 is 0 Å². The second kappa shape index (κ2) is 3.54. The molecule has 1 amide bonds. The fraction of sp³-hybridized carbons (Fsp3) is 0.909. The van der Waals surface area contributed by atoms with Crippen molar-refractivity contribution in [2.75, 3.05) is 6.67 Å². The second-order valence-electron chi connectivity index (χ2n) is 4.63. The predicted octanol–water partition coefficient (Wildman–Crippen LogP) is 1.49. The van der Waals surface area contributed by atoms with E-state index in [-0.39, 0.29) is 11.4 Å². The van der Waals surface area contributed by atoms with Gasteiger partial charge in [-0.3, -0.25) is 9.69 Å². The van der Waals surface area contributed by atoms with Gasteiger partial charge in [0.2, 0.25) is 5.91 Å². The van der Waals surface area contributed by atoms with Crippen LogP contribution in [0.1, 0.15) is 46.0 Å². The highest BCUT2D eigenvalue weighted by molar-refractivity contribution is 5.88. The Balaban J connectivity index is 2.21. The van der Waals surface area contributed by atoms with E-state index >= 15 is 0 Å². The van der Waals surface area contributed by atoms with Crippen molar-refractivity contribution in [2.45, 2.75) is 57.5 Å². The van der Waals surface area contributed by atoms with Crippen LogP contribution in [0.5, 0.6) is 0 Å². The summed E-state index contributed by atoms with van der Waals surface area (Å²) in [6.07, 6.45) is 5.66. The van der Waals surface area contributed by atoms with Crippen molar-refractivity contribution in [1.82, 2.24) is 10.2 Å². The van der Waals surface area contributed by atoms with E-state index in [9.17, 15) is 4.79 Å². The Morgan fingerprint density at radius 2 is 2.14 bits per heavy atom. The van der Waals surface area contributed by atoms with Gasteiger partial charge in [-0.2, -0.15) is 0 Å². The maximum atomic E-state index is 11.9. The molecule has 2 fully saturated rings. The first kappa shape index (κ1) is 9.97. The number of rotatable bonds is 2. The van der Waals surface area contributed by atoms with Crippen LogP contribution in [0.4, 0.5) is 0 Å². The van der Waals surface area contributed by atoms with Crippen molar-refractivity contribution in [3.63, 3.8) is 0 Å². The maximum absolute atomic E-state index is 11.9. The molecule has 0 aromatic carbocycles. The summed E-state index contributed by atoms with van der Waals surface area (Å²) in [6.45, 7) is 5.17. The largest absolute Gasteiger partial charge is 0.342 e. The molecule has 1 aliphatic heterocycles. The van der Waals surface area contributed by atoms with E-state index in [1.165, 1.54) is 12.8 Å². The van der Waals surface area contributed by atoms with Gasteiger partial charge in [0.25, 0.3) is 0 Å². The first-order valence-electron chi connectivity index (χ1n) is 5.76. The molecule has 2 rings (SSSR count). The zero-order chi connectivity index (χ0) is 10.2. The third-order valence-corrected chi connectivity index (χ3v) is 3.94. The van der Waals surface area contributed by atoms with Crippen LogP contribution in [0.3, 0.4) is 0 Å². The zero-order valence-electron chi connectivity index (χ0n) is 9.18. The summed E-state index contributed by atoms with van der Waals surface area (Å²) in [5.41, 5.74) is -0.130. The van der Waals surface area contributed by atoms with E-state index in [1.54, 1.807) is 0 Å². The van der Waals surface area contributed by atoms with Gasteiger partial charge in [0.1, 0.15) is 5.54 Å². The smallest absolute Gasteiger partial charge is 0.241 e. The molecule has 1 aliphatic carbocycles. The lowest BCUT2D eigenvalue weighted by Gasteiger charge is -2.35. The Labute approximate surface area is 85.8 Å². The molecular weight excluding hydrogens is 176 g/mol. The number of carbonyl (C=O) groups excluding carboxylic acids is 1. The predicted molar refractivity (Wildman–Crippen MR) is 55.8 cm³/mol. The van der Waals surface area contributed by atoms with E-state index in [2.05, 4.69) is 24.1 Å². The summed E-state index contributed by atoms with van der Waals surface area (Å²) in [5.74, 6) is 0.273. The molecule has 14 heavy (non-hydrogen) atoms. The Bertz CT molecular complexity index is 233. The number of nitrogens with zero attached hydrogens (tertiary/aromatic N) is 1. The van der Waals surface area contributed by atoms with E-state index in [4.69, 9.17) is 0 Å². The van der Waals surface area contributed by atoms with Gasteiger partial charge in [-0.1, -0.05) is 19.8 Å². The Hall–Kier alpha value is -0.570. The summed E-state index contributed by atoms with van der Waals surface area (Å²) < 4.78 is 0. The summed E-state index contributed by atoms with van der Waals surface area (Å²) in [6, 6.07) is 0.520. The van der Waals surface area contributed by atoms with E-state index in [0.29, 0.717) is 6.04 Å². The lowest BCUT2D eigenvalue weighted by Crippen LogP contribution is -2.50. The van der Waals surface area contributed by atoms with Gasteiger partial charge < -0.3 is 5.32 Å². The molecule has 80 valence electrons. The van der Waals surface area contributed by atoms with Crippen LogP contribution in [-0.4, -0.2) is 29.1 Å². The van der Waals surface area contributed by atoms with E-state index in [0.717, 1.165) is 25.9 Å². The second-order valence-corrected chi connectivity index (χ2v) is 4.63. The molecule has 1 heterocycles. The highest BCUT2D eigenvalue weighted by Crippen LogP contribution is 2.39. The molecule has 0 bridgehead atoms. The Morgan fingerprint density at radius 1 is 1.50 bits per heavy atom. The monoisotopic (exact) mass is 196 g/mol. The molecule has 1 unspecified atom stereocenters. The van der Waals surface area contributed by atoms with Gasteiger partial charge in [-0.15, -0.1) is 0 Å². The van der Waals surface area contributed by atoms with Crippen LogP contribution < -0.4 is 5.32 Å². The molecule has 1 saturated carbocycles. The van der Waals surface area contributed by atoms with Gasteiger partial charge >= 0.3 is 0 Å². The summed E-state index contributed by atoms with van der Waals surface area (Å²) in [5, 5.41) is 3.00. The van der Waals surface area contributed by atoms with Crippen LogP contribution in [-0.2, 0) is 4.79 Å². The van der Waals surface area contributed by atoms with Gasteiger partial charge in [0.05, 0.1) is 6.67 Å². The Kier molecular flexibility index (Phi) is 2.52. The fourth-order valence-corrected chi connectivity index (χ4v) is 2.88. The minimum atomic E-state index is -0.130. The van der Waals surface area contributed by atoms with Crippen LogP contribution in [0, 0.1) is 0 Å². The lowest BCUT2D eigenvalue weighted by atomic mass is 9.94. The first-order chi connectivity index (χ1) is 6.70. The molecule has 1 N–H and O–H groups in total. The van der Waals surface area contributed by atoms with Crippen molar-refractivity contribution in [3.8, 4) is 0 Å². The topological polar surface area (TPSA) is 32.3 Å². The van der Waals surface area contributed by atoms with Gasteiger partial charge in [0, 0.05) is 6.04 Å². The number of hydrogen-bond acceptors (Lipinski definition) is 2. The minimum Gasteiger partial charge on any atom is -0.342 e. The molecule has 3 heteroatoms. The van der Waals surface area contributed by atoms with Crippen molar-refractivity contribution in [1.29, 1.82) is 0 Å². The molecule has 3 nitrogen and oxygen atoms in total. The summed E-state index contributed by atoms with van der Waals surface area (Å²) >= 11 is 0. The molecule has 1 atom stereocenters. The van der Waals surface area contributed by atoms with Crippen molar-refractivity contribution >= 4 is 5.91 Å². The standard InChI is InChI=1S/C11H20N2O/c1-3-9(2)13-8-12-10(14)11(13)6-4-5-7-11/h9H,3-8H2,1-2H3,(H,12,14). The molecule has 0 aromatic heterocycles. The lowest BCUT2D eigenvalue weighted by molar-refractivity contribution is -0.127. The maximum Gasteiger partial charge on any atom is 0.241 e. The number of hydrogen-bond donors (Lipinski definition) is 1. The van der Waals surface area contributed by atoms with Crippen molar-refractivity contribution in [2.24, 2.45) is 0 Å². The first-order valence-corrected chi connectivity index (χ1v) is 5.76. The summed E-state index contributed by atoms with van der Waals surface area (Å²) in [4.78, 5) is 14.3. The molecule has 0 aromatic rings. The third kappa shape index (κ3) is 1.26. The number of amides is 1. The molecule has 2 aliphatic rings. The van der Waals surface area contributed by atoms with E-state index in [1.807, 2.05) is 0 Å². The van der Waals surface area contributed by atoms with Gasteiger partial charge in [-0.05, 0) is 26.2 Å². The van der Waals surface area contributed by atoms with Crippen molar-refractivity contribution < 1.29 is 4.79 Å². The molecule has 1 saturated heterocycles. The highest BCUT2D eigenvalue weighted by Gasteiger charge is 2.51. The Morgan fingerprint density at radius 3 is 2.71 bits per heavy atom. The van der Waals surface area contributed by atoms with Crippen molar-refractivity contribution in [3.05, 3.63) is 0 Å². The van der Waals surface area contributed by atoms with Crippen LogP contribution in [0.2, 0.25) is 0 Å². The SMILES string of the molecule is CCC(C)N1CNC(=O)C12CCCC2. The molecule has 0 radical (unpaired) electrons. The average molecular weight is 196 g/mol. The van der Waals surface area contributed by atoms with Gasteiger partial charge in [0.15, 0.2) is 0 Å². The van der Waals surface area contributed by atoms with Crippen LogP contribution in [0.25, 0.3) is 0 Å². The normalized spacial score (nSPS) is 28.3. The highest BCUT2D eigenvalue weighted by atomic mass is 16.2. The number of nitrogens with one attached hydrogen (secondary N) is 1. The minimum absolute atomic E-state index is 0.130. The average Bonchev–Trinajstić information content (AvgIpc) is 2.78. The third-order valence-electron chi connectivity index (χ3n) is 3.94.